The fourth-order valence-corrected chi connectivity index (χ4v) is 2.48. The Morgan fingerprint density at radius 1 is 1.12 bits per heavy atom. The van der Waals surface area contributed by atoms with Crippen LogP contribution in [0, 0.1) is 11.8 Å². The van der Waals surface area contributed by atoms with Crippen LogP contribution in [0.15, 0.2) is 12.7 Å². The van der Waals surface area contributed by atoms with Gasteiger partial charge in [0.2, 0.25) is 5.91 Å². The summed E-state index contributed by atoms with van der Waals surface area (Å²) in [5, 5.41) is 15.8. The topological polar surface area (TPSA) is 96.9 Å². The molecule has 0 rings (SSSR count). The normalized spacial score (nSPS) is 14.8. The van der Waals surface area contributed by atoms with Crippen LogP contribution < -0.4 is 10.6 Å². The van der Waals surface area contributed by atoms with E-state index in [0.29, 0.717) is 19.4 Å². The van der Waals surface area contributed by atoms with Gasteiger partial charge in [-0.1, -0.05) is 33.8 Å². The van der Waals surface area contributed by atoms with Gasteiger partial charge in [0.05, 0.1) is 32.5 Å². The lowest BCUT2D eigenvalue weighted by molar-refractivity contribution is -0.145. The zero-order valence-corrected chi connectivity index (χ0v) is 16.8. The van der Waals surface area contributed by atoms with E-state index >= 15 is 0 Å². The third kappa shape index (κ3) is 11.2. The van der Waals surface area contributed by atoms with E-state index in [4.69, 9.17) is 9.47 Å². The van der Waals surface area contributed by atoms with Gasteiger partial charge in [-0.05, 0) is 24.7 Å². The van der Waals surface area contributed by atoms with Crippen LogP contribution in [0.1, 0.15) is 40.5 Å². The number of esters is 1. The van der Waals surface area contributed by atoms with Crippen LogP contribution in [0.2, 0.25) is 0 Å². The number of aliphatic hydroxyl groups is 1. The van der Waals surface area contributed by atoms with E-state index in [1.54, 1.807) is 6.08 Å². The van der Waals surface area contributed by atoms with Gasteiger partial charge in [-0.2, -0.15) is 0 Å². The largest absolute Gasteiger partial charge is 0.467 e. The number of carbonyl (C=O) groups excluding carboxylic acids is 2. The molecular weight excluding hydrogens is 336 g/mol. The number of aliphatic hydroxyl groups excluding tert-OH is 1. The minimum absolute atomic E-state index is 0.160. The highest BCUT2D eigenvalue weighted by molar-refractivity contribution is 5.87. The zero-order valence-electron chi connectivity index (χ0n) is 16.8. The maximum atomic E-state index is 12.7. The summed E-state index contributed by atoms with van der Waals surface area (Å²) in [4.78, 5) is 24.6. The van der Waals surface area contributed by atoms with Crippen LogP contribution in [-0.4, -0.2) is 62.0 Å². The Kier molecular flexibility index (Phi) is 13.0. The third-order valence-corrected chi connectivity index (χ3v) is 3.68. The predicted molar refractivity (Wildman–Crippen MR) is 102 cm³/mol. The molecule has 0 aliphatic carbocycles. The van der Waals surface area contributed by atoms with Crippen molar-refractivity contribution in [2.24, 2.45) is 11.8 Å². The molecule has 26 heavy (non-hydrogen) atoms. The Balaban J connectivity index is 4.78. The molecule has 3 unspecified atom stereocenters. The van der Waals surface area contributed by atoms with Crippen LogP contribution >= 0.6 is 0 Å². The van der Waals surface area contributed by atoms with Crippen molar-refractivity contribution < 1.29 is 24.2 Å². The van der Waals surface area contributed by atoms with Crippen molar-refractivity contribution in [2.75, 3.05) is 26.9 Å². The average molecular weight is 373 g/mol. The molecule has 0 aromatic heterocycles. The summed E-state index contributed by atoms with van der Waals surface area (Å²) in [6.45, 7) is 12.3. The molecular formula is C19H36N2O5. The Hall–Kier alpha value is -1.44. The fourth-order valence-electron chi connectivity index (χ4n) is 2.48. The molecule has 3 atom stereocenters. The van der Waals surface area contributed by atoms with Crippen LogP contribution in [0.3, 0.4) is 0 Å². The van der Waals surface area contributed by atoms with Crippen molar-refractivity contribution in [3.05, 3.63) is 12.7 Å². The SMILES string of the molecule is C=CCOCC(O)CNC(CC(C)C)C(=O)NC(CC(C)C)C(=O)OC. The van der Waals surface area contributed by atoms with Crippen LogP contribution in [-0.2, 0) is 19.1 Å². The Bertz CT molecular complexity index is 426. The fraction of sp³-hybridized carbons (Fsp3) is 0.789. The zero-order chi connectivity index (χ0) is 20.1. The lowest BCUT2D eigenvalue weighted by atomic mass is 10.0. The molecule has 0 bridgehead atoms. The summed E-state index contributed by atoms with van der Waals surface area (Å²) in [7, 11) is 1.31. The smallest absolute Gasteiger partial charge is 0.328 e. The molecule has 0 saturated heterocycles. The first-order valence-corrected chi connectivity index (χ1v) is 9.19. The van der Waals surface area contributed by atoms with Gasteiger partial charge in [0.1, 0.15) is 6.04 Å². The summed E-state index contributed by atoms with van der Waals surface area (Å²) >= 11 is 0. The highest BCUT2D eigenvalue weighted by Crippen LogP contribution is 2.09. The number of nitrogens with one attached hydrogen (secondary N) is 2. The van der Waals surface area contributed by atoms with Gasteiger partial charge in [0, 0.05) is 6.54 Å². The summed E-state index contributed by atoms with van der Waals surface area (Å²) in [6, 6.07) is -1.19. The van der Waals surface area contributed by atoms with Gasteiger partial charge >= 0.3 is 5.97 Å². The second-order valence-electron chi connectivity index (χ2n) is 7.28. The van der Waals surface area contributed by atoms with E-state index in [1.165, 1.54) is 7.11 Å². The lowest BCUT2D eigenvalue weighted by Crippen LogP contribution is -2.52. The molecule has 1 amide bonds. The molecule has 0 aliphatic rings. The van der Waals surface area contributed by atoms with Crippen molar-refractivity contribution >= 4 is 11.9 Å². The molecule has 7 nitrogen and oxygen atoms in total. The molecule has 152 valence electrons. The molecule has 7 heteroatoms. The maximum Gasteiger partial charge on any atom is 0.328 e. The summed E-state index contributed by atoms with van der Waals surface area (Å²) in [5.41, 5.74) is 0. The molecule has 0 radical (unpaired) electrons. The molecule has 3 N–H and O–H groups in total. The second-order valence-corrected chi connectivity index (χ2v) is 7.28. The monoisotopic (exact) mass is 372 g/mol. The van der Waals surface area contributed by atoms with E-state index in [2.05, 4.69) is 17.2 Å². The van der Waals surface area contributed by atoms with E-state index in [0.717, 1.165) is 0 Å². The second kappa shape index (κ2) is 13.7. The van der Waals surface area contributed by atoms with Gasteiger partial charge in [0.25, 0.3) is 0 Å². The number of amides is 1. The molecule has 0 aromatic carbocycles. The number of hydrogen-bond acceptors (Lipinski definition) is 6. The third-order valence-electron chi connectivity index (χ3n) is 3.68. The van der Waals surface area contributed by atoms with Crippen LogP contribution in [0.5, 0.6) is 0 Å². The molecule has 0 heterocycles. The van der Waals surface area contributed by atoms with Gasteiger partial charge in [0.15, 0.2) is 0 Å². The summed E-state index contributed by atoms with van der Waals surface area (Å²) < 4.78 is 9.99. The van der Waals surface area contributed by atoms with Crippen molar-refractivity contribution in [1.82, 2.24) is 10.6 Å². The lowest BCUT2D eigenvalue weighted by Gasteiger charge is -2.25. The first kappa shape index (κ1) is 24.6. The number of hydrogen-bond donors (Lipinski definition) is 3. The first-order chi connectivity index (χ1) is 12.2. The molecule has 0 spiro atoms. The summed E-state index contributed by atoms with van der Waals surface area (Å²) in [6.07, 6.45) is 1.97. The van der Waals surface area contributed by atoms with Gasteiger partial charge in [-0.15, -0.1) is 6.58 Å². The number of methoxy groups -OCH3 is 1. The van der Waals surface area contributed by atoms with Crippen molar-refractivity contribution in [3.63, 3.8) is 0 Å². The van der Waals surface area contributed by atoms with E-state index < -0.39 is 24.2 Å². The van der Waals surface area contributed by atoms with Crippen molar-refractivity contribution in [1.29, 1.82) is 0 Å². The number of rotatable bonds is 14. The average Bonchev–Trinajstić information content (AvgIpc) is 2.56. The molecule has 0 saturated carbocycles. The molecule has 0 fully saturated rings. The number of carbonyl (C=O) groups is 2. The first-order valence-electron chi connectivity index (χ1n) is 9.19. The summed E-state index contributed by atoms with van der Waals surface area (Å²) in [5.74, 6) is -0.212. The van der Waals surface area contributed by atoms with Gasteiger partial charge in [-0.3, -0.25) is 4.79 Å². The minimum Gasteiger partial charge on any atom is -0.467 e. The Labute approximate surface area is 157 Å². The standard InChI is InChI=1S/C19H36N2O5/c1-7-8-26-12-15(22)11-20-16(9-13(2)3)18(23)21-17(10-14(4)5)19(24)25-6/h7,13-17,20,22H,1,8-12H2,2-6H3,(H,21,23). The van der Waals surface area contributed by atoms with Crippen molar-refractivity contribution in [2.45, 2.75) is 58.7 Å². The number of ether oxygens (including phenoxy) is 2. The van der Waals surface area contributed by atoms with E-state index in [9.17, 15) is 14.7 Å². The van der Waals surface area contributed by atoms with Crippen LogP contribution in [0.25, 0.3) is 0 Å². The van der Waals surface area contributed by atoms with Crippen molar-refractivity contribution in [3.8, 4) is 0 Å². The Morgan fingerprint density at radius 3 is 2.19 bits per heavy atom. The van der Waals surface area contributed by atoms with E-state index in [1.807, 2.05) is 27.7 Å². The molecule has 0 aromatic rings. The highest BCUT2D eigenvalue weighted by Gasteiger charge is 2.27. The minimum atomic E-state index is -0.732. The highest BCUT2D eigenvalue weighted by atomic mass is 16.5. The Morgan fingerprint density at radius 2 is 1.69 bits per heavy atom. The van der Waals surface area contributed by atoms with Gasteiger partial charge < -0.3 is 25.2 Å². The van der Waals surface area contributed by atoms with Gasteiger partial charge in [-0.25, -0.2) is 4.79 Å². The molecule has 0 aliphatic heterocycles. The quantitative estimate of drug-likeness (QED) is 0.241. The van der Waals surface area contributed by atoms with Crippen LogP contribution in [0.4, 0.5) is 0 Å². The maximum absolute atomic E-state index is 12.7. The predicted octanol–water partition coefficient (Wildman–Crippen LogP) is 1.26. The van der Waals surface area contributed by atoms with E-state index in [-0.39, 0.29) is 30.9 Å².